The molecule has 4 aromatic rings. The summed E-state index contributed by atoms with van der Waals surface area (Å²) in [6.45, 7) is 3.52. The van der Waals surface area contributed by atoms with E-state index in [-0.39, 0.29) is 23.8 Å². The molecule has 7 nitrogen and oxygen atoms in total. The Hall–Kier alpha value is -4.16. The number of amides is 3. The lowest BCUT2D eigenvalue weighted by Crippen LogP contribution is -2.56. The lowest BCUT2D eigenvalue weighted by atomic mass is 10.1. The smallest absolute Gasteiger partial charge is 0.322 e. The number of halogens is 1. The summed E-state index contributed by atoms with van der Waals surface area (Å²) in [6, 6.07) is 18.6. The number of anilines is 1. The molecule has 2 aromatic heterocycles. The molecule has 1 fully saturated rings. The summed E-state index contributed by atoms with van der Waals surface area (Å²) in [5.41, 5.74) is 2.48. The monoisotopic (exact) mass is 501 g/mol. The molecule has 0 spiro atoms. The second kappa shape index (κ2) is 9.84. The lowest BCUT2D eigenvalue weighted by Gasteiger charge is -2.39. The Bertz CT molecular complexity index is 1470. The van der Waals surface area contributed by atoms with Crippen molar-refractivity contribution in [3.05, 3.63) is 88.7 Å². The Labute approximate surface area is 212 Å². The summed E-state index contributed by atoms with van der Waals surface area (Å²) < 4.78 is 15.7. The van der Waals surface area contributed by atoms with Gasteiger partial charge in [-0.25, -0.2) is 9.18 Å². The summed E-state index contributed by atoms with van der Waals surface area (Å²) in [5.74, 6) is -0.409. The Morgan fingerprint density at radius 3 is 2.67 bits per heavy atom. The highest BCUT2D eigenvalue weighted by Gasteiger charge is 2.32. The van der Waals surface area contributed by atoms with E-state index < -0.39 is 0 Å². The predicted molar refractivity (Wildman–Crippen MR) is 138 cm³/mol. The Kier molecular flexibility index (Phi) is 6.44. The van der Waals surface area contributed by atoms with Gasteiger partial charge in [0.2, 0.25) is 0 Å². The van der Waals surface area contributed by atoms with Crippen LogP contribution in [0.15, 0.2) is 66.0 Å². The molecular weight excluding hydrogens is 477 g/mol. The van der Waals surface area contributed by atoms with Crippen molar-refractivity contribution in [3.63, 3.8) is 0 Å². The molecule has 1 N–H and O–H groups in total. The lowest BCUT2D eigenvalue weighted by molar-refractivity contribution is 0.0583. The molecule has 0 bridgehead atoms. The molecule has 0 aliphatic carbocycles. The number of hydrogen-bond donors (Lipinski definition) is 1. The maximum absolute atomic E-state index is 13.8. The van der Waals surface area contributed by atoms with Crippen LogP contribution in [-0.4, -0.2) is 52.0 Å². The molecule has 3 amide bonds. The predicted octanol–water partition coefficient (Wildman–Crippen LogP) is 5.14. The summed E-state index contributed by atoms with van der Waals surface area (Å²) in [6.07, 6.45) is 0. The topological polar surface area (TPSA) is 81.4 Å². The highest BCUT2D eigenvalue weighted by molar-refractivity contribution is 7.16. The second-order valence-electron chi connectivity index (χ2n) is 8.84. The first-order valence-electron chi connectivity index (χ1n) is 11.6. The highest BCUT2D eigenvalue weighted by atomic mass is 32.1. The zero-order chi connectivity index (χ0) is 25.2. The van der Waals surface area contributed by atoms with Gasteiger partial charge in [0.15, 0.2) is 0 Å². The van der Waals surface area contributed by atoms with Crippen molar-refractivity contribution in [2.75, 3.05) is 25.0 Å². The molecule has 2 aromatic carbocycles. The van der Waals surface area contributed by atoms with Crippen LogP contribution < -0.4 is 5.32 Å². The van der Waals surface area contributed by atoms with Gasteiger partial charge in [-0.2, -0.15) is 5.26 Å². The van der Waals surface area contributed by atoms with Crippen LogP contribution in [0.2, 0.25) is 0 Å². The Morgan fingerprint density at radius 2 is 1.94 bits per heavy atom. The number of carbonyl (C=O) groups is 2. The number of nitrogens with one attached hydrogen (secondary N) is 1. The van der Waals surface area contributed by atoms with Crippen LogP contribution in [-0.2, 0) is 6.54 Å². The molecule has 36 heavy (non-hydrogen) atoms. The summed E-state index contributed by atoms with van der Waals surface area (Å²) >= 11 is 1.55. The van der Waals surface area contributed by atoms with Crippen LogP contribution in [0.4, 0.5) is 14.9 Å². The summed E-state index contributed by atoms with van der Waals surface area (Å²) in [7, 11) is 0. The van der Waals surface area contributed by atoms with Gasteiger partial charge in [0.1, 0.15) is 16.3 Å². The summed E-state index contributed by atoms with van der Waals surface area (Å²) in [5, 5.41) is 14.8. The van der Waals surface area contributed by atoms with Gasteiger partial charge in [-0.1, -0.05) is 12.1 Å². The number of piperazine rings is 1. The quantitative estimate of drug-likeness (QED) is 0.420. The number of aromatic nitrogens is 1. The number of thiophene rings is 1. The largest absolute Gasteiger partial charge is 0.334 e. The second-order valence-corrected chi connectivity index (χ2v) is 9.73. The Balaban J connectivity index is 1.30. The first-order valence-corrected chi connectivity index (χ1v) is 12.5. The van der Waals surface area contributed by atoms with E-state index in [4.69, 9.17) is 5.26 Å². The number of nitriles is 1. The fraction of sp³-hybridized carbons (Fsp3) is 0.222. The third-order valence-electron chi connectivity index (χ3n) is 6.39. The molecule has 3 heterocycles. The van der Waals surface area contributed by atoms with Crippen LogP contribution >= 0.6 is 11.3 Å². The zero-order valence-corrected chi connectivity index (χ0v) is 20.5. The molecule has 1 atom stereocenters. The average Bonchev–Trinajstić information content (AvgIpc) is 3.46. The maximum Gasteiger partial charge on any atom is 0.322 e. The van der Waals surface area contributed by atoms with Gasteiger partial charge in [0.25, 0.3) is 5.91 Å². The van der Waals surface area contributed by atoms with Crippen LogP contribution in [0.3, 0.4) is 0 Å². The van der Waals surface area contributed by atoms with Gasteiger partial charge in [0.05, 0.1) is 11.6 Å². The van der Waals surface area contributed by atoms with E-state index >= 15 is 0 Å². The first-order chi connectivity index (χ1) is 17.4. The minimum Gasteiger partial charge on any atom is -0.334 e. The number of hydrogen-bond acceptors (Lipinski definition) is 4. The number of rotatable bonds is 4. The van der Waals surface area contributed by atoms with Gasteiger partial charge < -0.3 is 19.7 Å². The first kappa shape index (κ1) is 23.6. The van der Waals surface area contributed by atoms with Crippen molar-refractivity contribution in [1.29, 1.82) is 5.26 Å². The highest BCUT2D eigenvalue weighted by Crippen LogP contribution is 2.28. The van der Waals surface area contributed by atoms with E-state index in [0.717, 1.165) is 15.8 Å². The number of benzene rings is 2. The van der Waals surface area contributed by atoms with Crippen molar-refractivity contribution in [2.45, 2.75) is 19.5 Å². The SMILES string of the molecule is CC1CN(C(=O)c2cc3ccsc3n2Cc2cccc(F)c2)CCN1C(=O)Nc1ccc(C#N)cc1. The Morgan fingerprint density at radius 1 is 1.14 bits per heavy atom. The third-order valence-corrected chi connectivity index (χ3v) is 7.34. The van der Waals surface area contributed by atoms with Crippen LogP contribution in [0.1, 0.15) is 28.5 Å². The fourth-order valence-corrected chi connectivity index (χ4v) is 5.45. The maximum atomic E-state index is 13.8. The van der Waals surface area contributed by atoms with Crippen LogP contribution in [0, 0.1) is 17.1 Å². The van der Waals surface area contributed by atoms with Gasteiger partial charge in [-0.15, -0.1) is 11.3 Å². The number of carbonyl (C=O) groups excluding carboxylic acids is 2. The van der Waals surface area contributed by atoms with Crippen molar-refractivity contribution >= 4 is 39.2 Å². The van der Waals surface area contributed by atoms with E-state index in [1.54, 1.807) is 51.5 Å². The number of nitrogens with zero attached hydrogens (tertiary/aromatic N) is 4. The van der Waals surface area contributed by atoms with Gasteiger partial charge in [0, 0.05) is 43.3 Å². The number of fused-ring (bicyclic) bond motifs is 1. The molecular formula is C27H24FN5O2S. The molecule has 5 rings (SSSR count). The molecule has 9 heteroatoms. The molecule has 1 unspecified atom stereocenters. The molecule has 182 valence electrons. The van der Waals surface area contributed by atoms with Crippen molar-refractivity contribution in [1.82, 2.24) is 14.4 Å². The minimum atomic E-state index is -0.306. The van der Waals surface area contributed by atoms with Crippen molar-refractivity contribution < 1.29 is 14.0 Å². The molecule has 1 aliphatic rings. The van der Waals surface area contributed by atoms with E-state index in [1.165, 1.54) is 12.1 Å². The van der Waals surface area contributed by atoms with E-state index in [2.05, 4.69) is 11.4 Å². The molecule has 1 aliphatic heterocycles. The van der Waals surface area contributed by atoms with Crippen molar-refractivity contribution in [3.8, 4) is 6.07 Å². The van der Waals surface area contributed by atoms with E-state index in [1.807, 2.05) is 35.1 Å². The van der Waals surface area contributed by atoms with E-state index in [0.29, 0.717) is 43.1 Å². The van der Waals surface area contributed by atoms with Crippen LogP contribution in [0.5, 0.6) is 0 Å². The number of urea groups is 1. The third kappa shape index (κ3) is 4.68. The average molecular weight is 502 g/mol. The van der Waals surface area contributed by atoms with Gasteiger partial charge in [-0.05, 0) is 66.4 Å². The van der Waals surface area contributed by atoms with Gasteiger partial charge in [-0.3, -0.25) is 4.79 Å². The standard InChI is InChI=1S/C27H24FN5O2S/c1-18-16-31(10-11-32(18)27(35)30-23-7-5-19(15-29)6-8-23)25(34)24-14-21-9-12-36-26(21)33(24)17-20-3-2-4-22(28)13-20/h2-9,12-14,18H,10-11,16-17H2,1H3,(H,30,35). The van der Waals surface area contributed by atoms with E-state index in [9.17, 15) is 14.0 Å². The summed E-state index contributed by atoms with van der Waals surface area (Å²) in [4.78, 5) is 30.9. The zero-order valence-electron chi connectivity index (χ0n) is 19.6. The van der Waals surface area contributed by atoms with Gasteiger partial charge >= 0.3 is 6.03 Å². The molecule has 1 saturated heterocycles. The normalized spacial score (nSPS) is 15.6. The minimum absolute atomic E-state index is 0.103. The molecule has 0 saturated carbocycles. The van der Waals surface area contributed by atoms with Crippen LogP contribution in [0.25, 0.3) is 10.2 Å². The van der Waals surface area contributed by atoms with Crippen molar-refractivity contribution in [2.24, 2.45) is 0 Å². The fourth-order valence-electron chi connectivity index (χ4n) is 4.56. The molecule has 0 radical (unpaired) electrons.